The number of hydrogen-bond acceptors (Lipinski definition) is 2. The predicted molar refractivity (Wildman–Crippen MR) is 52.5 cm³/mol. The lowest BCUT2D eigenvalue weighted by Crippen LogP contribution is -2.51. The lowest BCUT2D eigenvalue weighted by molar-refractivity contribution is -0.276. The Morgan fingerprint density at radius 1 is 0.696 bits per heavy atom. The van der Waals surface area contributed by atoms with Crippen LogP contribution in [0.2, 0.25) is 0 Å². The summed E-state index contributed by atoms with van der Waals surface area (Å²) in [5, 5.41) is 0. The number of nitrogens with zero attached hydrogens (tertiary/aromatic N) is 1. The zero-order chi connectivity index (χ0) is 18.3. The third kappa shape index (κ3) is 4.18. The van der Waals surface area contributed by atoms with Gasteiger partial charge < -0.3 is 9.64 Å². The molecule has 1 fully saturated rings. The van der Waals surface area contributed by atoms with Crippen LogP contribution in [0.3, 0.4) is 0 Å². The molecule has 0 aromatic heterocycles. The Bertz CT molecular complexity index is 437. The van der Waals surface area contributed by atoms with E-state index in [2.05, 4.69) is 4.74 Å². The van der Waals surface area contributed by atoms with Crippen molar-refractivity contribution in [2.75, 3.05) is 26.3 Å². The van der Waals surface area contributed by atoms with E-state index in [0.717, 1.165) is 0 Å². The molecule has 0 aromatic carbocycles. The second-order valence-electron chi connectivity index (χ2n) is 4.39. The first-order valence-electron chi connectivity index (χ1n) is 5.76. The molecule has 1 heterocycles. The van der Waals surface area contributed by atoms with E-state index in [0.29, 0.717) is 0 Å². The van der Waals surface area contributed by atoms with Crippen molar-refractivity contribution >= 4 is 0 Å². The number of ether oxygens (including phenoxy) is 1. The fourth-order valence-electron chi connectivity index (χ4n) is 1.86. The molecule has 0 aromatic rings. The van der Waals surface area contributed by atoms with Gasteiger partial charge in [0.25, 0.3) is 0 Å². The number of alkyl halides is 11. The van der Waals surface area contributed by atoms with Crippen LogP contribution in [0, 0.1) is 0 Å². The molecule has 13 heteroatoms. The molecule has 0 aliphatic carbocycles. The number of allylic oxidation sites excluding steroid dienone is 2. The summed E-state index contributed by atoms with van der Waals surface area (Å²) >= 11 is 0. The summed E-state index contributed by atoms with van der Waals surface area (Å²) in [5.74, 6) is -6.34. The Labute approximate surface area is 121 Å². The van der Waals surface area contributed by atoms with Crippen molar-refractivity contribution in [1.82, 2.24) is 4.90 Å². The van der Waals surface area contributed by atoms with Gasteiger partial charge >= 0.3 is 24.5 Å². The van der Waals surface area contributed by atoms with Gasteiger partial charge in [-0.05, 0) is 0 Å². The summed E-state index contributed by atoms with van der Waals surface area (Å²) in [6.07, 6.45) is -19.6. The Kier molecular flexibility index (Phi) is 5.14. The molecule has 0 bridgehead atoms. The van der Waals surface area contributed by atoms with Gasteiger partial charge in [-0.2, -0.15) is 48.3 Å². The molecule has 0 unspecified atom stereocenters. The Morgan fingerprint density at radius 2 is 1.09 bits per heavy atom. The van der Waals surface area contributed by atoms with E-state index < -0.39 is 62.0 Å². The number of rotatable bonds is 2. The number of morpholine rings is 1. The molecule has 1 aliphatic rings. The molecule has 0 saturated carbocycles. The first-order valence-corrected chi connectivity index (χ1v) is 5.76. The topological polar surface area (TPSA) is 12.5 Å². The van der Waals surface area contributed by atoms with Crippen LogP contribution >= 0.6 is 0 Å². The maximum absolute atomic E-state index is 13.4. The molecule has 1 aliphatic heterocycles. The number of hydrogen-bond donors (Lipinski definition) is 0. The highest BCUT2D eigenvalue weighted by atomic mass is 19.4. The van der Waals surface area contributed by atoms with E-state index in [1.165, 1.54) is 0 Å². The molecule has 0 radical (unpaired) electrons. The second kappa shape index (κ2) is 5.98. The SMILES string of the molecule is FC(F)(F)C(=C(N1CCOCC1)C(F)(F)C(F)(F)F)C(F)(F)F. The van der Waals surface area contributed by atoms with Crippen molar-refractivity contribution in [3.8, 4) is 0 Å². The van der Waals surface area contributed by atoms with Crippen LogP contribution in [-0.2, 0) is 4.74 Å². The summed E-state index contributed by atoms with van der Waals surface area (Å²) in [5.41, 5.74) is -7.04. The van der Waals surface area contributed by atoms with E-state index in [1.807, 2.05) is 0 Å². The average Bonchev–Trinajstić information content (AvgIpc) is 2.32. The van der Waals surface area contributed by atoms with Gasteiger partial charge in [0, 0.05) is 13.1 Å². The van der Waals surface area contributed by atoms with Gasteiger partial charge in [-0.3, -0.25) is 0 Å². The Balaban J connectivity index is 3.69. The van der Waals surface area contributed by atoms with E-state index in [4.69, 9.17) is 0 Å². The summed E-state index contributed by atoms with van der Waals surface area (Å²) < 4.78 is 144. The fourth-order valence-corrected chi connectivity index (χ4v) is 1.86. The van der Waals surface area contributed by atoms with E-state index in [-0.39, 0.29) is 4.90 Å². The third-order valence-electron chi connectivity index (χ3n) is 2.78. The molecule has 0 atom stereocenters. The van der Waals surface area contributed by atoms with Crippen LogP contribution in [0.25, 0.3) is 0 Å². The zero-order valence-electron chi connectivity index (χ0n) is 10.8. The highest BCUT2D eigenvalue weighted by Crippen LogP contribution is 2.50. The van der Waals surface area contributed by atoms with Gasteiger partial charge in [-0.1, -0.05) is 0 Å². The second-order valence-corrected chi connectivity index (χ2v) is 4.39. The summed E-state index contributed by atoms with van der Waals surface area (Å²) in [6, 6.07) is 0. The van der Waals surface area contributed by atoms with Crippen molar-refractivity contribution in [3.63, 3.8) is 0 Å². The Morgan fingerprint density at radius 3 is 1.39 bits per heavy atom. The molecule has 23 heavy (non-hydrogen) atoms. The van der Waals surface area contributed by atoms with E-state index >= 15 is 0 Å². The zero-order valence-corrected chi connectivity index (χ0v) is 10.8. The standard InChI is InChI=1S/C10H8F11NO/c11-7(12,10(19,20)21)6(22-1-3-23-4-2-22)5(8(13,14)15)9(16,17)18/h1-4H2. The monoisotopic (exact) mass is 367 g/mol. The molecule has 0 N–H and O–H groups in total. The smallest absolute Gasteiger partial charge is 0.378 e. The molecule has 1 rings (SSSR count). The van der Waals surface area contributed by atoms with Gasteiger partial charge in [-0.25, -0.2) is 0 Å². The Hall–Kier alpha value is -1.27. The van der Waals surface area contributed by atoms with Crippen molar-refractivity contribution in [2.45, 2.75) is 24.5 Å². The van der Waals surface area contributed by atoms with Gasteiger partial charge in [0.2, 0.25) is 0 Å². The molecule has 0 spiro atoms. The maximum Gasteiger partial charge on any atom is 0.459 e. The highest BCUT2D eigenvalue weighted by molar-refractivity contribution is 5.30. The summed E-state index contributed by atoms with van der Waals surface area (Å²) in [4.78, 5) is -0.298. The summed E-state index contributed by atoms with van der Waals surface area (Å²) in [6.45, 7) is -3.14. The van der Waals surface area contributed by atoms with E-state index in [1.54, 1.807) is 0 Å². The minimum absolute atomic E-state index is 0.298. The average molecular weight is 367 g/mol. The van der Waals surface area contributed by atoms with Gasteiger partial charge in [0.05, 0.1) is 13.2 Å². The maximum atomic E-state index is 13.4. The molecular weight excluding hydrogens is 359 g/mol. The van der Waals surface area contributed by atoms with Crippen LogP contribution in [0.4, 0.5) is 48.3 Å². The van der Waals surface area contributed by atoms with Gasteiger partial charge in [-0.15, -0.1) is 0 Å². The molecule has 2 nitrogen and oxygen atoms in total. The minimum atomic E-state index is -6.64. The van der Waals surface area contributed by atoms with Crippen LogP contribution in [0.5, 0.6) is 0 Å². The minimum Gasteiger partial charge on any atom is -0.378 e. The van der Waals surface area contributed by atoms with Gasteiger partial charge in [0.1, 0.15) is 5.70 Å². The molecule has 0 amide bonds. The van der Waals surface area contributed by atoms with Crippen LogP contribution < -0.4 is 0 Å². The molecular formula is C10H8F11NO. The number of halogens is 11. The van der Waals surface area contributed by atoms with Gasteiger partial charge in [0.15, 0.2) is 5.57 Å². The lowest BCUT2D eigenvalue weighted by atomic mass is 10.0. The third-order valence-corrected chi connectivity index (χ3v) is 2.78. The quantitative estimate of drug-likeness (QED) is 0.687. The highest BCUT2D eigenvalue weighted by Gasteiger charge is 2.67. The normalized spacial score (nSPS) is 18.1. The lowest BCUT2D eigenvalue weighted by Gasteiger charge is -2.37. The largest absolute Gasteiger partial charge is 0.459 e. The van der Waals surface area contributed by atoms with Crippen molar-refractivity contribution < 1.29 is 53.0 Å². The molecule has 136 valence electrons. The van der Waals surface area contributed by atoms with Crippen molar-refractivity contribution in [3.05, 3.63) is 11.3 Å². The first-order chi connectivity index (χ1) is 10.1. The fraction of sp³-hybridized carbons (Fsp3) is 0.800. The predicted octanol–water partition coefficient (Wildman–Crippen LogP) is 3.89. The molecule has 1 saturated heterocycles. The van der Waals surface area contributed by atoms with Crippen LogP contribution in [0.15, 0.2) is 11.3 Å². The first kappa shape index (κ1) is 19.8. The van der Waals surface area contributed by atoms with Crippen LogP contribution in [-0.4, -0.2) is 55.7 Å². The van der Waals surface area contributed by atoms with Crippen molar-refractivity contribution in [1.29, 1.82) is 0 Å². The van der Waals surface area contributed by atoms with Crippen molar-refractivity contribution in [2.24, 2.45) is 0 Å². The van der Waals surface area contributed by atoms with Crippen LogP contribution in [0.1, 0.15) is 0 Å². The van der Waals surface area contributed by atoms with E-state index in [9.17, 15) is 48.3 Å². The summed E-state index contributed by atoms with van der Waals surface area (Å²) in [7, 11) is 0.